The molecule has 3 N–H and O–H groups in total. The number of pyridine rings is 1. The molecule has 0 bridgehead atoms. The highest BCUT2D eigenvalue weighted by atomic mass is 32.1. The Bertz CT molecular complexity index is 1260. The molecule has 0 saturated carbocycles. The minimum absolute atomic E-state index is 0.319. The van der Waals surface area contributed by atoms with Crippen LogP contribution < -0.4 is 5.73 Å². The van der Waals surface area contributed by atoms with Crippen LogP contribution in [-0.4, -0.2) is 48.4 Å². The van der Waals surface area contributed by atoms with Crippen LogP contribution in [0.2, 0.25) is 0 Å². The summed E-state index contributed by atoms with van der Waals surface area (Å²) >= 11 is 1.52. The summed E-state index contributed by atoms with van der Waals surface area (Å²) in [4.78, 5) is 10.1. The van der Waals surface area contributed by atoms with Crippen molar-refractivity contribution < 1.29 is 9.68 Å². The molecule has 32 heavy (non-hydrogen) atoms. The van der Waals surface area contributed by atoms with Crippen LogP contribution in [0.1, 0.15) is 16.1 Å². The monoisotopic (exact) mass is 443 g/mol. The summed E-state index contributed by atoms with van der Waals surface area (Å²) in [6, 6.07) is 17.6. The maximum Gasteiger partial charge on any atom is 0.274 e. The van der Waals surface area contributed by atoms with Gasteiger partial charge in [-0.05, 0) is 42.8 Å². The second-order valence-electron chi connectivity index (χ2n) is 7.82. The first-order valence-corrected chi connectivity index (χ1v) is 11.3. The summed E-state index contributed by atoms with van der Waals surface area (Å²) in [6.07, 6.45) is 4.61. The fourth-order valence-corrected chi connectivity index (χ4v) is 4.69. The van der Waals surface area contributed by atoms with E-state index in [2.05, 4.69) is 22.1 Å². The third-order valence-electron chi connectivity index (χ3n) is 5.54. The van der Waals surface area contributed by atoms with E-state index in [0.717, 1.165) is 46.7 Å². The fraction of sp³-hybridized carbons (Fsp3) is 0.250. The largest absolute Gasteiger partial charge is 0.375 e. The number of nitrogens with two attached hydrogens (primary N) is 1. The van der Waals surface area contributed by atoms with Crippen LogP contribution in [0.25, 0.3) is 22.6 Å². The van der Waals surface area contributed by atoms with Crippen molar-refractivity contribution in [2.75, 3.05) is 12.3 Å². The summed E-state index contributed by atoms with van der Waals surface area (Å²) in [7, 11) is 0. The van der Waals surface area contributed by atoms with Crippen molar-refractivity contribution in [2.45, 2.75) is 32.5 Å². The second kappa shape index (κ2) is 8.54. The molecular weight excluding hydrogens is 420 g/mol. The van der Waals surface area contributed by atoms with E-state index in [-0.39, 0.29) is 0 Å². The molecule has 0 fully saturated rings. The first kappa shape index (κ1) is 20.4. The lowest BCUT2D eigenvalue weighted by Crippen LogP contribution is -2.33. The number of aliphatic hydroxyl groups is 1. The Morgan fingerprint density at radius 1 is 1.28 bits per heavy atom. The van der Waals surface area contributed by atoms with Gasteiger partial charge >= 0.3 is 0 Å². The molecule has 1 aromatic carbocycles. The molecule has 0 amide bonds. The van der Waals surface area contributed by atoms with E-state index < -0.39 is 6.23 Å². The van der Waals surface area contributed by atoms with Gasteiger partial charge < -0.3 is 10.8 Å². The molecule has 4 heterocycles. The van der Waals surface area contributed by atoms with E-state index in [1.807, 2.05) is 65.0 Å². The first-order chi connectivity index (χ1) is 15.6. The summed E-state index contributed by atoms with van der Waals surface area (Å²) in [5.74, 6) is 0. The van der Waals surface area contributed by atoms with E-state index in [0.29, 0.717) is 18.2 Å². The number of thiazole rings is 1. The standard InChI is InChI=1S/C24H23N6OS/c1-16-7-8-18(26-14-16)20-13-21(17-5-3-2-4-6-17)30(28-20)15-23(31)29-11-9-19-22(10-12-29)32-24(25)27-19/h3,5-8,12-14,23,31H,9-11,15H2,1H3,(H2,25,27)/q+1. The molecule has 4 aromatic rings. The van der Waals surface area contributed by atoms with E-state index in [4.69, 9.17) is 10.8 Å². The van der Waals surface area contributed by atoms with Gasteiger partial charge in [-0.15, -0.1) is 11.3 Å². The highest BCUT2D eigenvalue weighted by Gasteiger charge is 2.25. The number of fused-ring (bicyclic) bond motifs is 1. The van der Waals surface area contributed by atoms with Gasteiger partial charge in [0, 0.05) is 16.6 Å². The lowest BCUT2D eigenvalue weighted by molar-refractivity contribution is -0.607. The van der Waals surface area contributed by atoms with Gasteiger partial charge in [-0.25, -0.2) is 9.56 Å². The first-order valence-electron chi connectivity index (χ1n) is 10.5. The summed E-state index contributed by atoms with van der Waals surface area (Å²) < 4.78 is 3.81. The normalized spacial score (nSPS) is 14.2. The van der Waals surface area contributed by atoms with E-state index in [1.54, 1.807) is 0 Å². The molecular formula is C24H23N6OS+. The van der Waals surface area contributed by atoms with Crippen LogP contribution in [0.15, 0.2) is 42.6 Å². The third-order valence-corrected chi connectivity index (χ3v) is 6.49. The van der Waals surface area contributed by atoms with Crippen LogP contribution in [0, 0.1) is 19.1 Å². The zero-order valence-electron chi connectivity index (χ0n) is 17.7. The van der Waals surface area contributed by atoms with Crippen molar-refractivity contribution in [3.05, 3.63) is 70.9 Å². The van der Waals surface area contributed by atoms with Crippen LogP contribution in [0.3, 0.4) is 0 Å². The molecule has 7 nitrogen and oxygen atoms in total. The number of hydrogen-bond acceptors (Lipinski definition) is 6. The molecule has 1 unspecified atom stereocenters. The lowest BCUT2D eigenvalue weighted by atomic mass is 10.1. The Labute approximate surface area is 190 Å². The van der Waals surface area contributed by atoms with Crippen molar-refractivity contribution >= 4 is 22.7 Å². The molecule has 5 rings (SSSR count). The Kier molecular flexibility index (Phi) is 5.43. The van der Waals surface area contributed by atoms with Crippen LogP contribution in [0.4, 0.5) is 5.13 Å². The van der Waals surface area contributed by atoms with Crippen molar-refractivity contribution in [2.24, 2.45) is 0 Å². The lowest BCUT2D eigenvalue weighted by Gasteiger charge is -2.12. The van der Waals surface area contributed by atoms with Gasteiger partial charge in [-0.2, -0.15) is 5.10 Å². The Balaban J connectivity index is 1.44. The number of aromatic nitrogens is 4. The molecule has 1 aliphatic rings. The number of hydrogen-bond donors (Lipinski definition) is 2. The number of nitrogens with zero attached hydrogens (tertiary/aromatic N) is 5. The molecule has 3 aromatic heterocycles. The number of rotatable bonds is 5. The Hall–Kier alpha value is -3.54. The van der Waals surface area contributed by atoms with Crippen molar-refractivity contribution in [1.29, 1.82) is 0 Å². The van der Waals surface area contributed by atoms with Gasteiger partial charge in [0.1, 0.15) is 18.5 Å². The zero-order valence-corrected chi connectivity index (χ0v) is 18.5. The molecule has 0 aliphatic carbocycles. The second-order valence-corrected chi connectivity index (χ2v) is 8.93. The van der Waals surface area contributed by atoms with Crippen LogP contribution in [0.5, 0.6) is 0 Å². The molecule has 160 valence electrons. The van der Waals surface area contributed by atoms with Crippen molar-refractivity contribution in [3.8, 4) is 22.6 Å². The summed E-state index contributed by atoms with van der Waals surface area (Å²) in [5, 5.41) is 16.5. The van der Waals surface area contributed by atoms with Crippen molar-refractivity contribution in [1.82, 2.24) is 19.7 Å². The average Bonchev–Trinajstić information content (AvgIpc) is 3.32. The topological polar surface area (TPSA) is 92.9 Å². The summed E-state index contributed by atoms with van der Waals surface area (Å²) in [6.45, 7) is 3.00. The van der Waals surface area contributed by atoms with Gasteiger partial charge in [0.15, 0.2) is 11.7 Å². The highest BCUT2D eigenvalue weighted by molar-refractivity contribution is 7.15. The van der Waals surface area contributed by atoms with E-state index in [9.17, 15) is 5.11 Å². The Morgan fingerprint density at radius 2 is 2.19 bits per heavy atom. The maximum atomic E-state index is 11.1. The Morgan fingerprint density at radius 3 is 2.97 bits per heavy atom. The molecule has 1 aliphatic heterocycles. The molecule has 0 radical (unpaired) electrons. The van der Waals surface area contributed by atoms with Gasteiger partial charge in [-0.1, -0.05) is 18.2 Å². The zero-order chi connectivity index (χ0) is 22.1. The van der Waals surface area contributed by atoms with Crippen LogP contribution >= 0.6 is 11.3 Å². The number of anilines is 1. The van der Waals surface area contributed by atoms with Gasteiger partial charge in [0.25, 0.3) is 6.23 Å². The maximum absolute atomic E-state index is 11.1. The molecule has 8 heteroatoms. The SMILES string of the molecule is Cc1ccc(-c2cc(-c3cc#ccc3)n(CC(O)[N+]3=CCc4sc(N)nc4CC3)n2)nc1. The number of aliphatic hydroxyl groups excluding tert-OH is 1. The molecule has 0 spiro atoms. The quantitative estimate of drug-likeness (QED) is 0.463. The number of aryl methyl sites for hydroxylation is 1. The summed E-state index contributed by atoms with van der Waals surface area (Å²) in [5.41, 5.74) is 11.4. The third kappa shape index (κ3) is 4.13. The van der Waals surface area contributed by atoms with Gasteiger partial charge in [0.2, 0.25) is 0 Å². The van der Waals surface area contributed by atoms with Gasteiger partial charge in [0.05, 0.1) is 29.9 Å². The average molecular weight is 444 g/mol. The van der Waals surface area contributed by atoms with Gasteiger partial charge in [-0.3, -0.25) is 9.67 Å². The molecule has 0 saturated heterocycles. The molecule has 1 atom stereocenters. The van der Waals surface area contributed by atoms with Crippen molar-refractivity contribution in [3.63, 3.8) is 0 Å². The minimum atomic E-state index is -0.724. The predicted octanol–water partition coefficient (Wildman–Crippen LogP) is 2.76. The fourth-order valence-electron chi connectivity index (χ4n) is 3.85. The minimum Gasteiger partial charge on any atom is -0.375 e. The van der Waals surface area contributed by atoms with Crippen LogP contribution in [-0.2, 0) is 19.4 Å². The van der Waals surface area contributed by atoms with E-state index >= 15 is 0 Å². The highest BCUT2D eigenvalue weighted by Crippen LogP contribution is 2.26. The van der Waals surface area contributed by atoms with E-state index in [1.165, 1.54) is 16.2 Å². The smallest absolute Gasteiger partial charge is 0.274 e. The predicted molar refractivity (Wildman–Crippen MR) is 124 cm³/mol. The number of nitrogen functional groups attached to an aromatic ring is 1.